The first-order valence-corrected chi connectivity index (χ1v) is 13.5. The van der Waals surface area contributed by atoms with Crippen molar-refractivity contribution in [1.29, 1.82) is 0 Å². The number of hydrogen-bond donors (Lipinski definition) is 1. The van der Waals surface area contributed by atoms with Gasteiger partial charge in [0.2, 0.25) is 0 Å². The molecule has 2 atom stereocenters. The van der Waals surface area contributed by atoms with Crippen LogP contribution in [0.4, 0.5) is 0 Å². The van der Waals surface area contributed by atoms with Gasteiger partial charge in [-0.25, -0.2) is 0 Å². The summed E-state index contributed by atoms with van der Waals surface area (Å²) >= 11 is 7.02. The predicted octanol–water partition coefficient (Wildman–Crippen LogP) is 8.16. The van der Waals surface area contributed by atoms with E-state index in [1.807, 2.05) is 11.3 Å². The highest BCUT2D eigenvalue weighted by Gasteiger charge is 2.29. The lowest BCUT2D eigenvalue weighted by molar-refractivity contribution is 0.131. The maximum absolute atomic E-state index is 6.32. The van der Waals surface area contributed by atoms with Crippen LogP contribution in [0.25, 0.3) is 21.2 Å². The van der Waals surface area contributed by atoms with E-state index >= 15 is 0 Å². The van der Waals surface area contributed by atoms with Crippen molar-refractivity contribution in [2.45, 2.75) is 81.8 Å². The first kappa shape index (κ1) is 22.3. The Kier molecular flexibility index (Phi) is 6.30. The van der Waals surface area contributed by atoms with E-state index in [0.717, 1.165) is 22.3 Å². The Morgan fingerprint density at radius 1 is 0.938 bits per heavy atom. The summed E-state index contributed by atoms with van der Waals surface area (Å²) in [5, 5.41) is 3.78. The normalized spacial score (nSPS) is 22.5. The number of thiol groups is 1. The van der Waals surface area contributed by atoms with Crippen LogP contribution < -0.4 is 4.74 Å². The summed E-state index contributed by atoms with van der Waals surface area (Å²) in [4.78, 5) is 3.87. The van der Waals surface area contributed by atoms with Crippen LogP contribution in [0.5, 0.6) is 5.75 Å². The van der Waals surface area contributed by atoms with E-state index in [1.165, 1.54) is 72.8 Å². The van der Waals surface area contributed by atoms with E-state index < -0.39 is 0 Å². The zero-order chi connectivity index (χ0) is 22.3. The minimum absolute atomic E-state index is 0.239. The quantitative estimate of drug-likeness (QED) is 0.392. The van der Waals surface area contributed by atoms with Crippen LogP contribution in [0.2, 0.25) is 0 Å². The average Bonchev–Trinajstić information content (AvgIpc) is 3.08. The monoisotopic (exact) mass is 465 g/mol. The molecular weight excluding hydrogens is 430 g/mol. The molecule has 3 aromatic rings. The molecule has 5 rings (SSSR count). The maximum atomic E-state index is 6.32. The van der Waals surface area contributed by atoms with Crippen LogP contribution in [-0.4, -0.2) is 29.6 Å². The molecule has 170 valence electrons. The van der Waals surface area contributed by atoms with Crippen molar-refractivity contribution in [2.24, 2.45) is 0 Å². The number of ether oxygens (including phenoxy) is 1. The molecule has 3 heterocycles. The van der Waals surface area contributed by atoms with Crippen molar-refractivity contribution >= 4 is 34.1 Å². The Morgan fingerprint density at radius 2 is 1.78 bits per heavy atom. The largest absolute Gasteiger partial charge is 0.488 e. The number of piperidine rings is 1. The van der Waals surface area contributed by atoms with Gasteiger partial charge >= 0.3 is 0 Å². The summed E-state index contributed by atoms with van der Waals surface area (Å²) in [6.45, 7) is 8.85. The number of thiophene rings is 1. The van der Waals surface area contributed by atoms with Gasteiger partial charge in [0.25, 0.3) is 0 Å². The lowest BCUT2D eigenvalue weighted by Crippen LogP contribution is -2.38. The van der Waals surface area contributed by atoms with Gasteiger partial charge in [0.1, 0.15) is 11.4 Å². The molecule has 2 aromatic carbocycles. The SMILES string of the molecule is CC(C)(C)Oc1ccccc1-c1ccc2scc(C3CCC4CCCCN4CC3)c2c1S. The van der Waals surface area contributed by atoms with Gasteiger partial charge in [-0.05, 0) is 101 Å². The van der Waals surface area contributed by atoms with E-state index in [2.05, 4.69) is 67.4 Å². The van der Waals surface area contributed by atoms with Gasteiger partial charge in [0, 0.05) is 26.6 Å². The van der Waals surface area contributed by atoms with E-state index in [9.17, 15) is 0 Å². The summed E-state index contributed by atoms with van der Waals surface area (Å²) in [7, 11) is 0. The van der Waals surface area contributed by atoms with E-state index in [0.29, 0.717) is 5.92 Å². The smallest absolute Gasteiger partial charge is 0.127 e. The molecule has 2 fully saturated rings. The third-order valence-corrected chi connectivity index (χ3v) is 8.57. The lowest BCUT2D eigenvalue weighted by atomic mass is 9.89. The first-order chi connectivity index (χ1) is 15.4. The molecule has 2 unspecified atom stereocenters. The fraction of sp³-hybridized carbons (Fsp3) is 0.500. The molecule has 2 saturated heterocycles. The summed E-state index contributed by atoms with van der Waals surface area (Å²) in [6.07, 6.45) is 8.09. The molecule has 32 heavy (non-hydrogen) atoms. The van der Waals surface area contributed by atoms with Crippen LogP contribution in [0.15, 0.2) is 46.7 Å². The summed E-state index contributed by atoms with van der Waals surface area (Å²) in [6, 6.07) is 13.7. The molecular formula is C28H35NOS2. The summed E-state index contributed by atoms with van der Waals surface area (Å²) < 4.78 is 7.67. The van der Waals surface area contributed by atoms with Crippen LogP contribution in [0.1, 0.15) is 70.8 Å². The number of rotatable bonds is 3. The minimum Gasteiger partial charge on any atom is -0.488 e. The topological polar surface area (TPSA) is 12.5 Å². The van der Waals surface area contributed by atoms with E-state index in [4.69, 9.17) is 17.4 Å². The predicted molar refractivity (Wildman–Crippen MR) is 141 cm³/mol. The highest BCUT2D eigenvalue weighted by atomic mass is 32.1. The Bertz CT molecular complexity index is 1080. The zero-order valence-electron chi connectivity index (χ0n) is 19.6. The molecule has 4 heteroatoms. The molecule has 1 aromatic heterocycles. The number of benzene rings is 2. The molecule has 0 N–H and O–H groups in total. The average molecular weight is 466 g/mol. The Labute approximate surface area is 202 Å². The molecule has 0 amide bonds. The van der Waals surface area contributed by atoms with Crippen molar-refractivity contribution in [3.63, 3.8) is 0 Å². The first-order valence-electron chi connectivity index (χ1n) is 12.2. The second-order valence-corrected chi connectivity index (χ2v) is 11.8. The molecule has 0 radical (unpaired) electrons. The molecule has 2 nitrogen and oxygen atoms in total. The van der Waals surface area contributed by atoms with Gasteiger partial charge in [-0.1, -0.05) is 30.7 Å². The van der Waals surface area contributed by atoms with E-state index in [-0.39, 0.29) is 5.60 Å². The van der Waals surface area contributed by atoms with Crippen LogP contribution in [0.3, 0.4) is 0 Å². The molecule has 2 aliphatic rings. The Hall–Kier alpha value is -1.49. The highest BCUT2D eigenvalue weighted by molar-refractivity contribution is 7.80. The maximum Gasteiger partial charge on any atom is 0.127 e. The van der Waals surface area contributed by atoms with Crippen molar-refractivity contribution in [3.8, 4) is 16.9 Å². The molecule has 0 bridgehead atoms. The van der Waals surface area contributed by atoms with Gasteiger partial charge in [0.05, 0.1) is 0 Å². The number of para-hydroxylation sites is 1. The Balaban J connectivity index is 1.52. The molecule has 2 aliphatic heterocycles. The minimum atomic E-state index is -0.239. The molecule has 0 saturated carbocycles. The highest BCUT2D eigenvalue weighted by Crippen LogP contribution is 2.45. The lowest BCUT2D eigenvalue weighted by Gasteiger charge is -2.33. The summed E-state index contributed by atoms with van der Waals surface area (Å²) in [5.41, 5.74) is 3.58. The second kappa shape index (κ2) is 9.04. The zero-order valence-corrected chi connectivity index (χ0v) is 21.3. The van der Waals surface area contributed by atoms with Crippen molar-refractivity contribution in [3.05, 3.63) is 47.3 Å². The molecule has 0 aliphatic carbocycles. The number of hydrogen-bond acceptors (Lipinski definition) is 4. The van der Waals surface area contributed by atoms with Crippen LogP contribution in [0, 0.1) is 0 Å². The molecule has 0 spiro atoms. The van der Waals surface area contributed by atoms with Crippen molar-refractivity contribution < 1.29 is 4.74 Å². The standard InChI is InChI=1S/C28H35NOS2/c1-28(2,3)30-24-10-5-4-9-21(24)22-13-14-25-26(27(22)31)23(18-32-25)19-11-12-20-8-6-7-16-29(20)17-15-19/h4-5,9-10,13-14,18-20,31H,6-8,11-12,15-17H2,1-3H3. The van der Waals surface area contributed by atoms with Crippen LogP contribution in [-0.2, 0) is 0 Å². The summed E-state index contributed by atoms with van der Waals surface area (Å²) in [5.74, 6) is 1.56. The Morgan fingerprint density at radius 3 is 2.62 bits per heavy atom. The third kappa shape index (κ3) is 4.47. The van der Waals surface area contributed by atoms with Gasteiger partial charge < -0.3 is 9.64 Å². The van der Waals surface area contributed by atoms with Crippen molar-refractivity contribution in [2.75, 3.05) is 13.1 Å². The van der Waals surface area contributed by atoms with Crippen molar-refractivity contribution in [1.82, 2.24) is 4.90 Å². The van der Waals surface area contributed by atoms with Gasteiger partial charge in [-0.15, -0.1) is 24.0 Å². The third-order valence-electron chi connectivity index (χ3n) is 7.14. The fourth-order valence-corrected chi connectivity index (χ4v) is 7.18. The van der Waals surface area contributed by atoms with Gasteiger partial charge in [0.15, 0.2) is 0 Å². The second-order valence-electron chi connectivity index (χ2n) is 10.5. The van der Waals surface area contributed by atoms with Gasteiger partial charge in [-0.3, -0.25) is 0 Å². The van der Waals surface area contributed by atoms with Crippen LogP contribution >= 0.6 is 24.0 Å². The fourth-order valence-electron chi connectivity index (χ4n) is 5.61. The number of fused-ring (bicyclic) bond motifs is 2. The van der Waals surface area contributed by atoms with E-state index in [1.54, 1.807) is 0 Å². The number of nitrogens with zero attached hydrogens (tertiary/aromatic N) is 1. The van der Waals surface area contributed by atoms with Gasteiger partial charge in [-0.2, -0.15) is 0 Å².